The van der Waals surface area contributed by atoms with E-state index in [1.165, 1.54) is 12.3 Å². The third kappa shape index (κ3) is 2.77. The molecule has 0 fully saturated rings. The number of nitrogens with zero attached hydrogens (tertiary/aromatic N) is 3. The molecule has 7 nitrogen and oxygen atoms in total. The van der Waals surface area contributed by atoms with E-state index in [-0.39, 0.29) is 17.0 Å². The molecule has 2 aromatic heterocycles. The van der Waals surface area contributed by atoms with Crippen molar-refractivity contribution in [2.45, 2.75) is 6.92 Å². The molecule has 0 aliphatic heterocycles. The van der Waals surface area contributed by atoms with Crippen LogP contribution in [0.15, 0.2) is 23.5 Å². The van der Waals surface area contributed by atoms with Gasteiger partial charge in [-0.3, -0.25) is 5.41 Å². The molecule has 4 N–H and O–H groups in total. The van der Waals surface area contributed by atoms with Crippen molar-refractivity contribution in [1.82, 2.24) is 20.3 Å². The standard InChI is InChI=1S/C12H13ClN6O/c1-6(17-8(14)3-4-15-2)9-10-7(18-11(9)20)5-16-12(13)19-10/h3-5,14-15,18,20H,1-2H3/b4-3-,14-8?,17-6?. The maximum atomic E-state index is 9.94. The van der Waals surface area contributed by atoms with Gasteiger partial charge in [0, 0.05) is 7.05 Å². The van der Waals surface area contributed by atoms with Gasteiger partial charge in [0.05, 0.1) is 23.0 Å². The smallest absolute Gasteiger partial charge is 0.223 e. The monoisotopic (exact) mass is 292 g/mol. The molecule has 2 aromatic rings. The first-order valence-electron chi connectivity index (χ1n) is 5.74. The third-order valence-electron chi connectivity index (χ3n) is 2.54. The van der Waals surface area contributed by atoms with Crippen LogP contribution in [0.2, 0.25) is 5.28 Å². The Hall–Kier alpha value is -2.41. The van der Waals surface area contributed by atoms with Crippen LogP contribution in [-0.2, 0) is 0 Å². The van der Waals surface area contributed by atoms with Crippen LogP contribution in [0.1, 0.15) is 12.5 Å². The van der Waals surface area contributed by atoms with E-state index in [0.29, 0.717) is 22.3 Å². The van der Waals surface area contributed by atoms with Crippen LogP contribution in [0, 0.1) is 5.41 Å². The van der Waals surface area contributed by atoms with Gasteiger partial charge in [0.15, 0.2) is 5.88 Å². The molecule has 0 bridgehead atoms. The number of aromatic hydroxyl groups is 1. The molecule has 2 rings (SSSR count). The SMILES string of the molecule is CN/C=C\C(=N)N=C(C)c1c(O)[nH]c2cnc(Cl)nc12. The molecular weight excluding hydrogens is 280 g/mol. The van der Waals surface area contributed by atoms with Crippen molar-refractivity contribution in [3.05, 3.63) is 29.3 Å². The molecule has 8 heteroatoms. The number of hydrogen-bond donors (Lipinski definition) is 4. The fourth-order valence-corrected chi connectivity index (χ4v) is 1.86. The lowest BCUT2D eigenvalue weighted by molar-refractivity contribution is 0.457. The summed E-state index contributed by atoms with van der Waals surface area (Å²) in [7, 11) is 1.73. The highest BCUT2D eigenvalue weighted by atomic mass is 35.5. The Kier molecular flexibility index (Phi) is 3.99. The molecule has 0 saturated heterocycles. The Morgan fingerprint density at radius 2 is 2.35 bits per heavy atom. The Labute approximate surface area is 119 Å². The Balaban J connectivity index is 2.49. The number of halogens is 1. The summed E-state index contributed by atoms with van der Waals surface area (Å²) in [6.45, 7) is 1.68. The second kappa shape index (κ2) is 5.70. The van der Waals surface area contributed by atoms with Crippen LogP contribution in [-0.4, -0.2) is 38.7 Å². The van der Waals surface area contributed by atoms with Crippen LogP contribution >= 0.6 is 11.6 Å². The maximum Gasteiger partial charge on any atom is 0.223 e. The van der Waals surface area contributed by atoms with Gasteiger partial charge in [0.25, 0.3) is 0 Å². The molecule has 0 saturated carbocycles. The summed E-state index contributed by atoms with van der Waals surface area (Å²) in [5.41, 5.74) is 1.88. The number of aliphatic imine (C=N–C) groups is 1. The quantitative estimate of drug-likeness (QED) is 0.393. The van der Waals surface area contributed by atoms with Gasteiger partial charge in [-0.05, 0) is 30.8 Å². The van der Waals surface area contributed by atoms with E-state index < -0.39 is 0 Å². The predicted octanol–water partition coefficient (Wildman–Crippen LogP) is 1.84. The number of nitrogens with one attached hydrogen (secondary N) is 3. The third-order valence-corrected chi connectivity index (χ3v) is 2.73. The average molecular weight is 293 g/mol. The lowest BCUT2D eigenvalue weighted by atomic mass is 10.2. The molecule has 104 valence electrons. The van der Waals surface area contributed by atoms with Crippen LogP contribution in [0.4, 0.5) is 0 Å². The molecule has 0 spiro atoms. The van der Waals surface area contributed by atoms with Gasteiger partial charge in [-0.15, -0.1) is 0 Å². The predicted molar refractivity (Wildman–Crippen MR) is 78.7 cm³/mol. The molecule has 2 heterocycles. The first-order chi connectivity index (χ1) is 9.52. The van der Waals surface area contributed by atoms with Gasteiger partial charge in [-0.1, -0.05) is 0 Å². The summed E-state index contributed by atoms with van der Waals surface area (Å²) in [5.74, 6) is -0.0334. The van der Waals surface area contributed by atoms with Crippen LogP contribution in [0.3, 0.4) is 0 Å². The summed E-state index contributed by atoms with van der Waals surface area (Å²) in [6, 6.07) is 0. The van der Waals surface area contributed by atoms with Crippen molar-refractivity contribution in [1.29, 1.82) is 5.41 Å². The van der Waals surface area contributed by atoms with E-state index >= 15 is 0 Å². The number of aromatic nitrogens is 3. The van der Waals surface area contributed by atoms with E-state index in [2.05, 4.69) is 25.3 Å². The molecule has 0 aromatic carbocycles. The van der Waals surface area contributed by atoms with Crippen molar-refractivity contribution in [2.24, 2.45) is 4.99 Å². The molecule has 0 amide bonds. The number of aromatic amines is 1. The zero-order valence-corrected chi connectivity index (χ0v) is 11.7. The van der Waals surface area contributed by atoms with Gasteiger partial charge in [0.2, 0.25) is 5.28 Å². The highest BCUT2D eigenvalue weighted by Crippen LogP contribution is 2.26. The summed E-state index contributed by atoms with van der Waals surface area (Å²) < 4.78 is 0. The van der Waals surface area contributed by atoms with Gasteiger partial charge in [0.1, 0.15) is 11.4 Å². The number of rotatable bonds is 3. The molecule has 0 radical (unpaired) electrons. The van der Waals surface area contributed by atoms with Gasteiger partial charge < -0.3 is 15.4 Å². The van der Waals surface area contributed by atoms with Crippen molar-refractivity contribution < 1.29 is 5.11 Å². The first kappa shape index (κ1) is 14.0. The van der Waals surface area contributed by atoms with Crippen LogP contribution in [0.25, 0.3) is 11.0 Å². The van der Waals surface area contributed by atoms with Crippen LogP contribution in [0.5, 0.6) is 5.88 Å². The molecule has 20 heavy (non-hydrogen) atoms. The molecule has 0 atom stereocenters. The minimum atomic E-state index is -0.0804. The van der Waals surface area contributed by atoms with Gasteiger partial charge in [-0.25, -0.2) is 15.0 Å². The normalized spacial score (nSPS) is 12.2. The Bertz CT molecular complexity index is 718. The molecular formula is C12H13ClN6O. The lowest BCUT2D eigenvalue weighted by Gasteiger charge is -1.99. The second-order valence-electron chi connectivity index (χ2n) is 3.95. The van der Waals surface area contributed by atoms with Crippen molar-refractivity contribution in [3.8, 4) is 5.88 Å². The molecule has 0 unspecified atom stereocenters. The number of amidine groups is 1. The molecule has 0 aliphatic carbocycles. The fraction of sp³-hybridized carbons (Fsp3) is 0.167. The van der Waals surface area contributed by atoms with Gasteiger partial charge in [-0.2, -0.15) is 0 Å². The van der Waals surface area contributed by atoms with Crippen molar-refractivity contribution in [3.63, 3.8) is 0 Å². The van der Waals surface area contributed by atoms with E-state index in [0.717, 1.165) is 0 Å². The maximum absolute atomic E-state index is 9.94. The second-order valence-corrected chi connectivity index (χ2v) is 4.29. The van der Waals surface area contributed by atoms with Crippen molar-refractivity contribution in [2.75, 3.05) is 7.05 Å². The van der Waals surface area contributed by atoms with E-state index in [9.17, 15) is 5.11 Å². The summed E-state index contributed by atoms with van der Waals surface area (Å²) in [6.07, 6.45) is 4.57. The van der Waals surface area contributed by atoms with Crippen LogP contribution < -0.4 is 5.32 Å². The van der Waals surface area contributed by atoms with Gasteiger partial charge >= 0.3 is 0 Å². The number of H-pyrrole nitrogens is 1. The zero-order valence-electron chi connectivity index (χ0n) is 10.9. The Morgan fingerprint density at radius 3 is 3.05 bits per heavy atom. The topological polar surface area (TPSA) is 110 Å². The summed E-state index contributed by atoms with van der Waals surface area (Å²) >= 11 is 5.76. The largest absolute Gasteiger partial charge is 0.494 e. The van der Waals surface area contributed by atoms with E-state index in [1.54, 1.807) is 20.2 Å². The number of hydrogen-bond acceptors (Lipinski definition) is 5. The van der Waals surface area contributed by atoms with E-state index in [1.807, 2.05) is 0 Å². The minimum Gasteiger partial charge on any atom is -0.494 e. The lowest BCUT2D eigenvalue weighted by Crippen LogP contribution is -2.01. The highest BCUT2D eigenvalue weighted by molar-refractivity contribution is 6.28. The molecule has 0 aliphatic rings. The Morgan fingerprint density at radius 1 is 1.60 bits per heavy atom. The summed E-state index contributed by atoms with van der Waals surface area (Å²) in [5, 5.41) is 20.5. The fourth-order valence-electron chi connectivity index (χ4n) is 1.72. The average Bonchev–Trinajstić information content (AvgIpc) is 2.71. The zero-order chi connectivity index (χ0) is 14.7. The first-order valence-corrected chi connectivity index (χ1v) is 6.12. The number of fused-ring (bicyclic) bond motifs is 1. The summed E-state index contributed by atoms with van der Waals surface area (Å²) in [4.78, 5) is 14.7. The highest BCUT2D eigenvalue weighted by Gasteiger charge is 2.16. The van der Waals surface area contributed by atoms with E-state index in [4.69, 9.17) is 17.0 Å². The minimum absolute atomic E-state index is 0.0470. The van der Waals surface area contributed by atoms with Crippen molar-refractivity contribution >= 4 is 34.2 Å².